The third-order valence-corrected chi connectivity index (χ3v) is 6.58. The minimum absolute atomic E-state index is 0.0721. The number of rotatable bonds is 6. The van der Waals surface area contributed by atoms with Gasteiger partial charge in [-0.25, -0.2) is 9.59 Å². The van der Waals surface area contributed by atoms with Crippen LogP contribution < -0.4 is 5.32 Å². The minimum Gasteiger partial charge on any atom is -0.478 e. The van der Waals surface area contributed by atoms with Crippen molar-refractivity contribution in [3.8, 4) is 0 Å². The summed E-state index contributed by atoms with van der Waals surface area (Å²) in [5, 5.41) is 11.8. The first-order valence-electron chi connectivity index (χ1n) is 12.4. The van der Waals surface area contributed by atoms with Crippen molar-refractivity contribution in [3.63, 3.8) is 0 Å². The smallest absolute Gasteiger partial charge is 0.410 e. The van der Waals surface area contributed by atoms with E-state index in [4.69, 9.17) is 9.84 Å². The van der Waals surface area contributed by atoms with Crippen molar-refractivity contribution in [1.82, 2.24) is 9.80 Å². The zero-order chi connectivity index (χ0) is 25.6. The third kappa shape index (κ3) is 7.97. The number of likely N-dealkylation sites (tertiary alicyclic amines) is 2. The van der Waals surface area contributed by atoms with Crippen LogP contribution in [0.2, 0.25) is 0 Å². The lowest BCUT2D eigenvalue weighted by Gasteiger charge is -2.34. The molecule has 1 aromatic carbocycles. The lowest BCUT2D eigenvalue weighted by molar-refractivity contribution is -0.135. The van der Waals surface area contributed by atoms with Crippen LogP contribution in [0.15, 0.2) is 24.3 Å². The van der Waals surface area contributed by atoms with Gasteiger partial charge >= 0.3 is 12.1 Å². The fourth-order valence-electron chi connectivity index (χ4n) is 4.57. The molecule has 2 aliphatic rings. The molecule has 0 radical (unpaired) electrons. The first kappa shape index (κ1) is 26.5. The van der Waals surface area contributed by atoms with E-state index >= 15 is 0 Å². The van der Waals surface area contributed by atoms with Crippen molar-refractivity contribution in [2.24, 2.45) is 11.8 Å². The molecular formula is C26H37N3O6. The first-order valence-corrected chi connectivity index (χ1v) is 12.4. The molecule has 1 atom stereocenters. The Bertz CT molecular complexity index is 916. The highest BCUT2D eigenvalue weighted by Gasteiger charge is 2.30. The fourth-order valence-corrected chi connectivity index (χ4v) is 4.57. The highest BCUT2D eigenvalue weighted by molar-refractivity contribution is 5.94. The summed E-state index contributed by atoms with van der Waals surface area (Å²) in [5.74, 6) is -0.986. The SMILES string of the molecule is CC(C)(C)OC(=O)N1CCC(CCC(=O)N2CCCC(C(=O)Nc3ccc(C(=O)O)cc3)C2)CC1. The van der Waals surface area contributed by atoms with Crippen molar-refractivity contribution >= 4 is 29.6 Å². The van der Waals surface area contributed by atoms with E-state index in [1.54, 1.807) is 21.9 Å². The molecule has 1 unspecified atom stereocenters. The molecule has 0 spiro atoms. The van der Waals surface area contributed by atoms with Crippen LogP contribution >= 0.6 is 0 Å². The van der Waals surface area contributed by atoms with Crippen LogP contribution in [0.3, 0.4) is 0 Å². The molecular weight excluding hydrogens is 450 g/mol. The molecule has 192 valence electrons. The zero-order valence-electron chi connectivity index (χ0n) is 20.9. The average molecular weight is 488 g/mol. The van der Waals surface area contributed by atoms with Crippen molar-refractivity contribution < 1.29 is 29.0 Å². The van der Waals surface area contributed by atoms with Gasteiger partial charge in [0.15, 0.2) is 0 Å². The largest absolute Gasteiger partial charge is 0.478 e. The second-order valence-corrected chi connectivity index (χ2v) is 10.5. The van der Waals surface area contributed by atoms with Crippen LogP contribution in [-0.2, 0) is 14.3 Å². The van der Waals surface area contributed by atoms with Crippen molar-refractivity contribution in [1.29, 1.82) is 0 Å². The maximum atomic E-state index is 12.9. The van der Waals surface area contributed by atoms with E-state index in [0.717, 1.165) is 25.7 Å². The number of hydrogen-bond acceptors (Lipinski definition) is 5. The fraction of sp³-hybridized carbons (Fsp3) is 0.615. The molecule has 1 aromatic rings. The van der Waals surface area contributed by atoms with Gasteiger partial charge in [-0.15, -0.1) is 0 Å². The maximum absolute atomic E-state index is 12.9. The molecule has 9 heteroatoms. The molecule has 0 saturated carbocycles. The Kier molecular flexibility index (Phi) is 8.75. The monoisotopic (exact) mass is 487 g/mol. The number of carboxylic acids is 1. The van der Waals surface area contributed by atoms with E-state index < -0.39 is 11.6 Å². The lowest BCUT2D eigenvalue weighted by Crippen LogP contribution is -2.44. The quantitative estimate of drug-likeness (QED) is 0.627. The Morgan fingerprint density at radius 1 is 1.00 bits per heavy atom. The molecule has 3 amide bonds. The molecule has 9 nitrogen and oxygen atoms in total. The van der Waals surface area contributed by atoms with Gasteiger partial charge in [0.1, 0.15) is 5.60 Å². The number of carboxylic acid groups (broad SMARTS) is 1. The zero-order valence-corrected chi connectivity index (χ0v) is 20.9. The van der Waals surface area contributed by atoms with Gasteiger partial charge in [0.05, 0.1) is 11.5 Å². The number of nitrogens with one attached hydrogen (secondary N) is 1. The van der Waals surface area contributed by atoms with E-state index in [1.807, 2.05) is 20.8 Å². The van der Waals surface area contributed by atoms with Gasteiger partial charge in [-0.3, -0.25) is 9.59 Å². The Morgan fingerprint density at radius 2 is 1.66 bits per heavy atom. The van der Waals surface area contributed by atoms with E-state index in [2.05, 4.69) is 5.32 Å². The molecule has 35 heavy (non-hydrogen) atoms. The predicted octanol–water partition coefficient (Wildman–Crippen LogP) is 3.99. The van der Waals surface area contributed by atoms with E-state index in [0.29, 0.717) is 50.6 Å². The number of amides is 3. The average Bonchev–Trinajstić information content (AvgIpc) is 2.82. The van der Waals surface area contributed by atoms with Crippen LogP contribution in [0, 0.1) is 11.8 Å². The lowest BCUT2D eigenvalue weighted by atomic mass is 9.91. The molecule has 2 heterocycles. The minimum atomic E-state index is -1.02. The Labute approximate surface area is 206 Å². The number of piperidine rings is 2. The second kappa shape index (κ2) is 11.6. The summed E-state index contributed by atoms with van der Waals surface area (Å²) >= 11 is 0. The summed E-state index contributed by atoms with van der Waals surface area (Å²) < 4.78 is 5.44. The first-order chi connectivity index (χ1) is 16.5. The van der Waals surface area contributed by atoms with Gasteiger partial charge in [0, 0.05) is 38.3 Å². The van der Waals surface area contributed by atoms with Gasteiger partial charge in [-0.2, -0.15) is 0 Å². The van der Waals surface area contributed by atoms with Gasteiger partial charge in [0.2, 0.25) is 11.8 Å². The number of carbonyl (C=O) groups excluding carboxylic acids is 3. The molecule has 2 aliphatic heterocycles. The summed E-state index contributed by atoms with van der Waals surface area (Å²) in [7, 11) is 0. The van der Waals surface area contributed by atoms with Crippen molar-refractivity contribution in [2.75, 3.05) is 31.5 Å². The molecule has 3 rings (SSSR count). The van der Waals surface area contributed by atoms with E-state index in [1.165, 1.54) is 12.1 Å². The number of ether oxygens (including phenoxy) is 1. The van der Waals surface area contributed by atoms with Crippen LogP contribution in [-0.4, -0.2) is 70.6 Å². The highest BCUT2D eigenvalue weighted by atomic mass is 16.6. The summed E-state index contributed by atoms with van der Waals surface area (Å²) in [6.07, 6.45) is 4.16. The summed E-state index contributed by atoms with van der Waals surface area (Å²) in [5.41, 5.74) is 0.197. The molecule has 2 saturated heterocycles. The number of anilines is 1. The third-order valence-electron chi connectivity index (χ3n) is 6.58. The summed E-state index contributed by atoms with van der Waals surface area (Å²) in [4.78, 5) is 52.3. The van der Waals surface area contributed by atoms with Gasteiger partial charge in [-0.1, -0.05) is 0 Å². The molecule has 2 fully saturated rings. The number of nitrogens with zero attached hydrogens (tertiary/aromatic N) is 2. The van der Waals surface area contributed by atoms with E-state index in [-0.39, 0.29) is 29.4 Å². The maximum Gasteiger partial charge on any atom is 0.410 e. The molecule has 0 aliphatic carbocycles. The Morgan fingerprint density at radius 3 is 2.26 bits per heavy atom. The number of aromatic carboxylic acids is 1. The van der Waals surface area contributed by atoms with Crippen molar-refractivity contribution in [3.05, 3.63) is 29.8 Å². The number of hydrogen-bond donors (Lipinski definition) is 2. The molecule has 0 aromatic heterocycles. The van der Waals surface area contributed by atoms with Gasteiger partial charge in [-0.05, 0) is 83.1 Å². The Balaban J connectivity index is 1.41. The topological polar surface area (TPSA) is 116 Å². The predicted molar refractivity (Wildman–Crippen MR) is 131 cm³/mol. The van der Waals surface area contributed by atoms with Crippen LogP contribution in [0.4, 0.5) is 10.5 Å². The Hall–Kier alpha value is -3.10. The normalized spacial score (nSPS) is 19.2. The van der Waals surface area contributed by atoms with Crippen molar-refractivity contribution in [2.45, 2.75) is 64.9 Å². The number of benzene rings is 1. The number of carbonyl (C=O) groups is 4. The highest BCUT2D eigenvalue weighted by Crippen LogP contribution is 2.25. The standard InChI is InChI=1S/C26H37N3O6/c1-26(2,3)35-25(34)28-15-12-18(13-16-28)6-11-22(30)29-14-4-5-20(17-29)23(31)27-21-9-7-19(8-10-21)24(32)33/h7-10,18,20H,4-6,11-17H2,1-3H3,(H,27,31)(H,32,33). The van der Waals surface area contributed by atoms with Crippen LogP contribution in [0.5, 0.6) is 0 Å². The van der Waals surface area contributed by atoms with E-state index in [9.17, 15) is 19.2 Å². The van der Waals surface area contributed by atoms with Crippen LogP contribution in [0.25, 0.3) is 0 Å². The molecule has 0 bridgehead atoms. The van der Waals surface area contributed by atoms with Crippen LogP contribution in [0.1, 0.15) is 69.7 Å². The molecule has 2 N–H and O–H groups in total. The second-order valence-electron chi connectivity index (χ2n) is 10.5. The summed E-state index contributed by atoms with van der Waals surface area (Å²) in [6.45, 7) is 7.92. The van der Waals surface area contributed by atoms with Gasteiger partial charge in [0.25, 0.3) is 0 Å². The van der Waals surface area contributed by atoms with Gasteiger partial charge < -0.3 is 25.0 Å². The summed E-state index contributed by atoms with van der Waals surface area (Å²) in [6, 6.07) is 6.04.